The second-order valence-corrected chi connectivity index (χ2v) is 7.87. The molecule has 2 aromatic rings. The van der Waals surface area contributed by atoms with E-state index in [-0.39, 0.29) is 23.7 Å². The number of unbranched alkanes of at least 4 members (excludes halogenated alkanes) is 3. The topological polar surface area (TPSA) is 104 Å². The zero-order chi connectivity index (χ0) is 27.0. The number of ether oxygens (including phenoxy) is 5. The van der Waals surface area contributed by atoms with Gasteiger partial charge < -0.3 is 23.7 Å². The van der Waals surface area contributed by atoms with Crippen LogP contribution in [0.2, 0.25) is 0 Å². The molecule has 0 aliphatic carbocycles. The summed E-state index contributed by atoms with van der Waals surface area (Å²) >= 11 is 0. The van der Waals surface area contributed by atoms with E-state index in [4.69, 9.17) is 23.7 Å². The lowest BCUT2D eigenvalue weighted by Crippen LogP contribution is -2.06. The SMILES string of the molecule is CCCCCCOc1ccc(/C=C/C(=O)Oc2ccc(/C=C(\C#N)C(=O)OCC)cc2OC)cc1OC. The van der Waals surface area contributed by atoms with Crippen molar-refractivity contribution in [3.8, 4) is 29.1 Å². The number of hydrogen-bond donors (Lipinski definition) is 0. The van der Waals surface area contributed by atoms with Gasteiger partial charge in [-0.2, -0.15) is 5.26 Å². The van der Waals surface area contributed by atoms with Crippen molar-refractivity contribution >= 4 is 24.1 Å². The van der Waals surface area contributed by atoms with Gasteiger partial charge in [0.25, 0.3) is 0 Å². The van der Waals surface area contributed by atoms with E-state index < -0.39 is 11.9 Å². The average molecular weight is 508 g/mol. The summed E-state index contributed by atoms with van der Waals surface area (Å²) in [4.78, 5) is 24.3. The van der Waals surface area contributed by atoms with E-state index in [1.165, 1.54) is 38.2 Å². The van der Waals surface area contributed by atoms with E-state index in [9.17, 15) is 14.9 Å². The summed E-state index contributed by atoms with van der Waals surface area (Å²) in [6.07, 6.45) is 8.74. The van der Waals surface area contributed by atoms with Gasteiger partial charge in [-0.25, -0.2) is 9.59 Å². The Morgan fingerprint density at radius 1 is 0.892 bits per heavy atom. The van der Waals surface area contributed by atoms with Crippen LogP contribution in [0.25, 0.3) is 12.2 Å². The first-order chi connectivity index (χ1) is 17.9. The quantitative estimate of drug-likeness (QED) is 0.105. The Morgan fingerprint density at radius 3 is 2.24 bits per heavy atom. The normalized spacial score (nSPS) is 11.1. The maximum Gasteiger partial charge on any atom is 0.348 e. The number of methoxy groups -OCH3 is 2. The summed E-state index contributed by atoms with van der Waals surface area (Å²) in [6, 6.07) is 11.9. The Labute approximate surface area is 218 Å². The zero-order valence-corrected chi connectivity index (χ0v) is 21.7. The molecule has 196 valence electrons. The highest BCUT2D eigenvalue weighted by atomic mass is 16.6. The Hall–Kier alpha value is -4.25. The number of esters is 2. The first-order valence-electron chi connectivity index (χ1n) is 12.1. The van der Waals surface area contributed by atoms with E-state index in [1.54, 1.807) is 38.3 Å². The summed E-state index contributed by atoms with van der Waals surface area (Å²) in [5.41, 5.74) is 1.10. The summed E-state index contributed by atoms with van der Waals surface area (Å²) in [7, 11) is 2.99. The lowest BCUT2D eigenvalue weighted by atomic mass is 10.1. The molecule has 0 radical (unpaired) electrons. The van der Waals surface area contributed by atoms with Crippen LogP contribution in [-0.4, -0.2) is 39.4 Å². The van der Waals surface area contributed by atoms with Crippen LogP contribution in [-0.2, 0) is 14.3 Å². The van der Waals surface area contributed by atoms with Crippen LogP contribution >= 0.6 is 0 Å². The van der Waals surface area contributed by atoms with Crippen LogP contribution in [0.5, 0.6) is 23.0 Å². The van der Waals surface area contributed by atoms with Crippen molar-refractivity contribution in [2.75, 3.05) is 27.4 Å². The molecule has 0 unspecified atom stereocenters. The third-order valence-electron chi connectivity index (χ3n) is 5.18. The molecule has 0 bridgehead atoms. The Kier molecular flexibility index (Phi) is 12.3. The van der Waals surface area contributed by atoms with Crippen molar-refractivity contribution in [3.63, 3.8) is 0 Å². The Morgan fingerprint density at radius 2 is 1.57 bits per heavy atom. The third-order valence-corrected chi connectivity index (χ3v) is 5.18. The summed E-state index contributed by atoms with van der Waals surface area (Å²) in [6.45, 7) is 4.60. The van der Waals surface area contributed by atoms with Crippen LogP contribution in [0, 0.1) is 11.3 Å². The van der Waals surface area contributed by atoms with Gasteiger partial charge in [0.2, 0.25) is 0 Å². The minimum absolute atomic E-state index is 0.153. The molecule has 0 saturated carbocycles. The van der Waals surface area contributed by atoms with Gasteiger partial charge in [0.1, 0.15) is 11.6 Å². The molecule has 0 aliphatic rings. The van der Waals surface area contributed by atoms with E-state index in [0.29, 0.717) is 23.7 Å². The van der Waals surface area contributed by atoms with Crippen LogP contribution in [0.4, 0.5) is 0 Å². The molecule has 2 aromatic carbocycles. The number of benzene rings is 2. The number of hydrogen-bond acceptors (Lipinski definition) is 8. The third kappa shape index (κ3) is 9.37. The molecule has 0 N–H and O–H groups in total. The van der Waals surface area contributed by atoms with Crippen LogP contribution in [0.1, 0.15) is 50.7 Å². The van der Waals surface area contributed by atoms with Gasteiger partial charge in [-0.1, -0.05) is 38.3 Å². The lowest BCUT2D eigenvalue weighted by Gasteiger charge is -2.11. The van der Waals surface area contributed by atoms with E-state index in [1.807, 2.05) is 18.2 Å². The highest BCUT2D eigenvalue weighted by Gasteiger charge is 2.13. The smallest absolute Gasteiger partial charge is 0.348 e. The van der Waals surface area contributed by atoms with Crippen LogP contribution in [0.3, 0.4) is 0 Å². The van der Waals surface area contributed by atoms with Crippen molar-refractivity contribution in [3.05, 3.63) is 59.2 Å². The van der Waals surface area contributed by atoms with Gasteiger partial charge in [-0.05, 0) is 60.9 Å². The molecule has 0 spiro atoms. The van der Waals surface area contributed by atoms with Crippen molar-refractivity contribution in [1.29, 1.82) is 5.26 Å². The van der Waals surface area contributed by atoms with Gasteiger partial charge >= 0.3 is 11.9 Å². The fourth-order valence-electron chi connectivity index (χ4n) is 3.30. The standard InChI is InChI=1S/C29H33NO7/c1-5-7-8-9-16-36-24-13-10-21(18-26(24)33-3)12-15-28(31)37-25-14-11-22(19-27(25)34-4)17-23(20-30)29(32)35-6-2/h10-15,17-19H,5-9,16H2,1-4H3/b15-12+,23-17+. The molecule has 0 fully saturated rings. The molecule has 0 amide bonds. The second kappa shape index (κ2) is 15.7. The van der Waals surface area contributed by atoms with Gasteiger partial charge in [0, 0.05) is 6.08 Å². The number of rotatable bonds is 14. The summed E-state index contributed by atoms with van der Waals surface area (Å²) in [5, 5.41) is 9.21. The first-order valence-corrected chi connectivity index (χ1v) is 12.1. The predicted molar refractivity (Wildman–Crippen MR) is 141 cm³/mol. The Balaban J connectivity index is 2.07. The number of nitrogens with zero attached hydrogens (tertiary/aromatic N) is 1. The molecular formula is C29H33NO7. The molecule has 37 heavy (non-hydrogen) atoms. The highest BCUT2D eigenvalue weighted by Crippen LogP contribution is 2.30. The zero-order valence-electron chi connectivity index (χ0n) is 21.7. The molecule has 0 aromatic heterocycles. The first kappa shape index (κ1) is 29.0. The largest absolute Gasteiger partial charge is 0.493 e. The predicted octanol–water partition coefficient (Wildman–Crippen LogP) is 5.75. The van der Waals surface area contributed by atoms with Gasteiger partial charge in [-0.15, -0.1) is 0 Å². The van der Waals surface area contributed by atoms with Gasteiger partial charge in [-0.3, -0.25) is 0 Å². The van der Waals surface area contributed by atoms with Gasteiger partial charge in [0.05, 0.1) is 27.4 Å². The van der Waals surface area contributed by atoms with Crippen molar-refractivity contribution < 1.29 is 33.3 Å². The minimum Gasteiger partial charge on any atom is -0.493 e. The van der Waals surface area contributed by atoms with E-state index in [0.717, 1.165) is 18.4 Å². The van der Waals surface area contributed by atoms with Crippen LogP contribution in [0.15, 0.2) is 48.0 Å². The Bertz CT molecular complexity index is 1160. The summed E-state index contributed by atoms with van der Waals surface area (Å²) < 4.78 is 26.8. The number of carbonyl (C=O) groups excluding carboxylic acids is 2. The maximum atomic E-state index is 12.4. The highest BCUT2D eigenvalue weighted by molar-refractivity contribution is 5.98. The molecule has 0 saturated heterocycles. The van der Waals surface area contributed by atoms with Crippen molar-refractivity contribution in [2.45, 2.75) is 39.5 Å². The molecule has 8 heteroatoms. The van der Waals surface area contributed by atoms with Gasteiger partial charge in [0.15, 0.2) is 23.0 Å². The van der Waals surface area contributed by atoms with Crippen molar-refractivity contribution in [2.24, 2.45) is 0 Å². The maximum absolute atomic E-state index is 12.4. The monoisotopic (exact) mass is 507 g/mol. The summed E-state index contributed by atoms with van der Waals surface area (Å²) in [5.74, 6) is 0.358. The second-order valence-electron chi connectivity index (χ2n) is 7.87. The fourth-order valence-corrected chi connectivity index (χ4v) is 3.30. The van der Waals surface area contributed by atoms with Crippen LogP contribution < -0.4 is 18.9 Å². The van der Waals surface area contributed by atoms with Crippen molar-refractivity contribution in [1.82, 2.24) is 0 Å². The van der Waals surface area contributed by atoms with E-state index >= 15 is 0 Å². The fraction of sp³-hybridized carbons (Fsp3) is 0.345. The lowest BCUT2D eigenvalue weighted by molar-refractivity contribution is -0.138. The molecule has 0 heterocycles. The van der Waals surface area contributed by atoms with E-state index in [2.05, 4.69) is 6.92 Å². The molecule has 2 rings (SSSR count). The molecular weight excluding hydrogens is 474 g/mol. The molecule has 8 nitrogen and oxygen atoms in total. The average Bonchev–Trinajstić information content (AvgIpc) is 2.91. The molecule has 0 aliphatic heterocycles. The minimum atomic E-state index is -0.715. The number of carbonyl (C=O) groups is 2. The number of nitriles is 1. The molecule has 0 atom stereocenters.